The van der Waals surface area contributed by atoms with Crippen LogP contribution in [0.4, 0.5) is 5.82 Å². The highest BCUT2D eigenvalue weighted by Gasteiger charge is 2.47. The lowest BCUT2D eigenvalue weighted by Gasteiger charge is -2.36. The highest BCUT2D eigenvalue weighted by Crippen LogP contribution is 2.56. The summed E-state index contributed by atoms with van der Waals surface area (Å²) in [5.41, 5.74) is 4.07. The molecule has 2 fully saturated rings. The van der Waals surface area contributed by atoms with Crippen LogP contribution in [0.5, 0.6) is 0 Å². The second kappa shape index (κ2) is 25.0. The smallest absolute Gasteiger partial charge is 0.274 e. The molecule has 0 bridgehead atoms. The average Bonchev–Trinajstić information content (AvgIpc) is 3.91. The fourth-order valence-corrected chi connectivity index (χ4v) is 10.7. The SMILES string of the molecule is CC/C=C\C[C@@H]1C(=O)CC[C@@H]1CCCCCC(=O)SCCNC(=O)CCNC(=O)[C@H](O)C(C)(C)COP(=O)([O-])OP(=O)([O-])OC[C@H]1O[C@@H](n2cnc3c(N)ncnc32)[C@H](O)[C@@H]1OP(=O)([O-])[O-]. The number of imidazole rings is 1. The Labute approximate surface area is 384 Å². The van der Waals surface area contributed by atoms with Crippen LogP contribution in [-0.2, 0) is 55.5 Å². The third-order valence-corrected chi connectivity index (χ3v) is 14.7. The van der Waals surface area contributed by atoms with Crippen LogP contribution < -0.4 is 35.9 Å². The number of aromatic nitrogens is 4. The van der Waals surface area contributed by atoms with Crippen LogP contribution in [0.15, 0.2) is 24.8 Å². The van der Waals surface area contributed by atoms with E-state index in [0.717, 1.165) is 73.9 Å². The molecule has 2 aromatic heterocycles. The molecule has 29 heteroatoms. The molecule has 1 saturated carbocycles. The zero-order chi connectivity index (χ0) is 48.9. The van der Waals surface area contributed by atoms with Crippen molar-refractivity contribution in [1.82, 2.24) is 30.2 Å². The number of nitrogens with two attached hydrogens (primary N) is 1. The Morgan fingerprint density at radius 2 is 1.77 bits per heavy atom. The molecule has 6 N–H and O–H groups in total. The van der Waals surface area contributed by atoms with Gasteiger partial charge in [0.2, 0.25) is 11.8 Å². The number of nitrogens with zero attached hydrogens (tertiary/aromatic N) is 4. The Kier molecular flexibility index (Phi) is 21.1. The van der Waals surface area contributed by atoms with Gasteiger partial charge >= 0.3 is 0 Å². The van der Waals surface area contributed by atoms with Gasteiger partial charge in [0.25, 0.3) is 15.6 Å². The van der Waals surface area contributed by atoms with Gasteiger partial charge in [-0.25, -0.2) is 19.3 Å². The van der Waals surface area contributed by atoms with E-state index in [9.17, 15) is 62.7 Å². The first-order chi connectivity index (χ1) is 30.9. The quantitative estimate of drug-likeness (QED) is 0.0427. The average molecular weight is 1010 g/mol. The lowest BCUT2D eigenvalue weighted by atomic mass is 9.87. The molecular formula is C37H56N7O18P3S-4. The molecule has 1 saturated heterocycles. The van der Waals surface area contributed by atoms with Crippen molar-refractivity contribution in [2.45, 2.75) is 116 Å². The number of carbonyl (C=O) groups is 4. The maximum Gasteiger partial charge on any atom is 0.274 e. The van der Waals surface area contributed by atoms with Gasteiger partial charge in [0.1, 0.15) is 42.0 Å². The number of nitrogens with one attached hydrogen (secondary N) is 2. The fourth-order valence-electron chi connectivity index (χ4n) is 7.25. The van der Waals surface area contributed by atoms with Crippen LogP contribution in [0.2, 0.25) is 0 Å². The molecule has 0 aromatic carbocycles. The summed E-state index contributed by atoms with van der Waals surface area (Å²) < 4.78 is 60.8. The van der Waals surface area contributed by atoms with E-state index < -0.39 is 84.6 Å². The number of unbranched alkanes of at least 4 members (excludes halogenated alkanes) is 2. The summed E-state index contributed by atoms with van der Waals surface area (Å²) in [6, 6.07) is 0. The van der Waals surface area contributed by atoms with Gasteiger partial charge in [-0.3, -0.25) is 32.9 Å². The van der Waals surface area contributed by atoms with Crippen LogP contribution in [-0.4, -0.2) is 109 Å². The van der Waals surface area contributed by atoms with Crippen molar-refractivity contribution in [1.29, 1.82) is 0 Å². The summed E-state index contributed by atoms with van der Waals surface area (Å²) in [5.74, 6) is -0.363. The zero-order valence-electron chi connectivity index (χ0n) is 36.5. The highest BCUT2D eigenvalue weighted by molar-refractivity contribution is 8.13. The van der Waals surface area contributed by atoms with Crippen molar-refractivity contribution < 1.29 is 85.3 Å². The standard InChI is InChI=1S/C37H60N7O18P3S/c1-4-5-7-11-24-23(13-14-25(24)45)10-8-6-9-12-28(47)66-18-17-39-27(46)15-16-40-35(50)32(49)37(2,3)20-59-65(56,57)62-64(54,55)58-19-26-31(61-63(51,52)53)30(48)36(60-26)44-22-43-29-33(38)41-21-42-34(29)44/h5,7,21-24,26,30-32,36,48-49H,4,6,8-20H2,1-3H3,(H,39,46)(H,40,50)(H,54,55)(H,56,57)(H2,38,41,42)(H2,51,52,53)/p-4/b7-5-/t23-,24-,26+,30+,31+,32-,36+/m0/s1. The zero-order valence-corrected chi connectivity index (χ0v) is 40.0. The predicted octanol–water partition coefficient (Wildman–Crippen LogP) is 0.0388. The van der Waals surface area contributed by atoms with Crippen molar-refractivity contribution in [2.24, 2.45) is 17.3 Å². The molecule has 2 aromatic rings. The molecule has 66 heavy (non-hydrogen) atoms. The number of hydrogen-bond donors (Lipinski definition) is 5. The number of allylic oxidation sites excluding steroid dienone is 2. The largest absolute Gasteiger partial charge is 0.790 e. The second-order valence-electron chi connectivity index (χ2n) is 16.3. The first kappa shape index (κ1) is 55.6. The van der Waals surface area contributed by atoms with E-state index in [2.05, 4.69) is 62.5 Å². The summed E-state index contributed by atoms with van der Waals surface area (Å²) in [7, 11) is -17.6. The number of aliphatic hydroxyl groups is 2. The molecule has 25 nitrogen and oxygen atoms in total. The number of thioether (sulfide) groups is 1. The number of Topliss-reactive ketones (excluding diaryl/α,β-unsaturated/α-hetero) is 1. The fraction of sp³-hybridized carbons (Fsp3) is 0.703. The predicted molar refractivity (Wildman–Crippen MR) is 227 cm³/mol. The van der Waals surface area contributed by atoms with Gasteiger partial charge in [0.15, 0.2) is 22.8 Å². The maximum atomic E-state index is 12.6. The van der Waals surface area contributed by atoms with Crippen molar-refractivity contribution in [3.63, 3.8) is 0 Å². The van der Waals surface area contributed by atoms with Crippen molar-refractivity contribution >= 4 is 74.9 Å². The number of aliphatic hydroxyl groups excluding tert-OH is 2. The van der Waals surface area contributed by atoms with Crippen molar-refractivity contribution in [3.8, 4) is 0 Å². The topological polar surface area (TPSA) is 392 Å². The summed E-state index contributed by atoms with van der Waals surface area (Å²) in [5, 5.41) is 26.4. The van der Waals surface area contributed by atoms with Gasteiger partial charge in [-0.1, -0.05) is 57.5 Å². The van der Waals surface area contributed by atoms with Gasteiger partial charge in [-0.2, -0.15) is 0 Å². The van der Waals surface area contributed by atoms with Crippen LogP contribution in [0.1, 0.15) is 91.2 Å². The number of nitrogen functional groups attached to an aromatic ring is 1. The molecule has 9 atom stereocenters. The molecule has 1 aliphatic carbocycles. The Bertz CT molecular complexity index is 2160. The van der Waals surface area contributed by atoms with Gasteiger partial charge in [0.05, 0.1) is 27.4 Å². The van der Waals surface area contributed by atoms with Crippen molar-refractivity contribution in [2.75, 3.05) is 37.8 Å². The van der Waals surface area contributed by atoms with E-state index in [1.165, 1.54) is 13.8 Å². The molecule has 0 spiro atoms. The number of rotatable bonds is 28. The number of hydrogen-bond acceptors (Lipinski definition) is 23. The monoisotopic (exact) mass is 1010 g/mol. The van der Waals surface area contributed by atoms with E-state index in [-0.39, 0.29) is 47.5 Å². The number of ketones is 1. The Morgan fingerprint density at radius 3 is 2.48 bits per heavy atom. The van der Waals surface area contributed by atoms with Gasteiger partial charge in [-0.05, 0) is 38.0 Å². The van der Waals surface area contributed by atoms with Gasteiger partial charge < -0.3 is 69.0 Å². The van der Waals surface area contributed by atoms with E-state index in [1.807, 2.05) is 0 Å². The minimum Gasteiger partial charge on any atom is -0.790 e. The molecule has 372 valence electrons. The van der Waals surface area contributed by atoms with Gasteiger partial charge in [0, 0.05) is 49.4 Å². The third-order valence-electron chi connectivity index (χ3n) is 10.7. The number of phosphoric acid groups is 3. The number of carbonyl (C=O) groups excluding carboxylic acids is 4. The van der Waals surface area contributed by atoms with E-state index in [1.54, 1.807) is 0 Å². The number of fused-ring (bicyclic) bond motifs is 1. The molecule has 3 heterocycles. The minimum absolute atomic E-state index is 0.00324. The van der Waals surface area contributed by atoms with E-state index in [0.29, 0.717) is 30.3 Å². The first-order valence-electron chi connectivity index (χ1n) is 21.1. The first-order valence-corrected chi connectivity index (χ1v) is 26.5. The van der Waals surface area contributed by atoms with Gasteiger partial charge in [-0.15, -0.1) is 0 Å². The van der Waals surface area contributed by atoms with Crippen LogP contribution in [0.3, 0.4) is 0 Å². The molecule has 1 aliphatic heterocycles. The van der Waals surface area contributed by atoms with Crippen LogP contribution in [0, 0.1) is 17.3 Å². The second-order valence-corrected chi connectivity index (χ2v) is 21.5. The summed E-state index contributed by atoms with van der Waals surface area (Å²) in [6.07, 6.45) is 3.84. The van der Waals surface area contributed by atoms with Crippen molar-refractivity contribution in [3.05, 3.63) is 24.8 Å². The number of phosphoric ester groups is 3. The Hall–Kier alpha value is -3.03. The normalized spacial score (nSPS) is 23.8. The third kappa shape index (κ3) is 17.2. The lowest BCUT2D eigenvalue weighted by Crippen LogP contribution is -2.46. The molecule has 0 radical (unpaired) electrons. The number of anilines is 1. The number of ether oxygens (including phenoxy) is 1. The van der Waals surface area contributed by atoms with E-state index >= 15 is 0 Å². The summed E-state index contributed by atoms with van der Waals surface area (Å²) in [4.78, 5) is 109. The Balaban J connectivity index is 1.12. The molecule has 2 unspecified atom stereocenters. The summed E-state index contributed by atoms with van der Waals surface area (Å²) in [6.45, 7) is 2.14. The number of amides is 2. The molecular weight excluding hydrogens is 955 g/mol. The molecule has 2 amide bonds. The molecule has 2 aliphatic rings. The highest BCUT2D eigenvalue weighted by atomic mass is 32.2. The Morgan fingerprint density at radius 1 is 1.05 bits per heavy atom. The maximum absolute atomic E-state index is 12.6. The van der Waals surface area contributed by atoms with E-state index in [4.69, 9.17) is 10.5 Å². The minimum atomic E-state index is -5.93. The molecule has 4 rings (SSSR count). The summed E-state index contributed by atoms with van der Waals surface area (Å²) >= 11 is 1.10. The van der Waals surface area contributed by atoms with Crippen LogP contribution >= 0.6 is 35.2 Å². The lowest BCUT2D eigenvalue weighted by molar-refractivity contribution is -0.347. The van der Waals surface area contributed by atoms with Crippen LogP contribution in [0.25, 0.3) is 11.2 Å².